The summed E-state index contributed by atoms with van der Waals surface area (Å²) in [4.78, 5) is 16.7. The Morgan fingerprint density at radius 3 is 2.69 bits per heavy atom. The second kappa shape index (κ2) is 8.20. The number of pyridine rings is 1. The minimum Gasteiger partial charge on any atom is -0.273 e. The molecule has 1 N–H and O–H groups in total. The van der Waals surface area contributed by atoms with E-state index >= 15 is 0 Å². The number of carbonyl (C=O) groups is 1. The normalized spacial score (nSPS) is 18.7. The molecule has 1 atom stereocenters. The molecule has 8 heteroatoms. The van der Waals surface area contributed by atoms with Gasteiger partial charge in [0.15, 0.2) is 0 Å². The second-order valence-electron chi connectivity index (χ2n) is 6.00. The zero-order valence-electron chi connectivity index (χ0n) is 14.2. The molecular formula is C18H20N4O3S. The van der Waals surface area contributed by atoms with Crippen LogP contribution >= 0.6 is 0 Å². The summed E-state index contributed by atoms with van der Waals surface area (Å²) in [6.07, 6.45) is 4.36. The molecule has 2 aromatic rings. The number of aromatic nitrogens is 1. The summed E-state index contributed by atoms with van der Waals surface area (Å²) in [6, 6.07) is 13.7. The van der Waals surface area contributed by atoms with Crippen molar-refractivity contribution >= 4 is 22.1 Å². The Labute approximate surface area is 152 Å². The summed E-state index contributed by atoms with van der Waals surface area (Å²) >= 11 is 0. The Balaban J connectivity index is 1.63. The van der Waals surface area contributed by atoms with Crippen LogP contribution in [-0.4, -0.2) is 42.9 Å². The maximum Gasteiger partial charge on any atom is 0.244 e. The highest BCUT2D eigenvalue weighted by atomic mass is 32.2. The number of carbonyl (C=O) groups excluding carboxylic acids is 1. The summed E-state index contributed by atoms with van der Waals surface area (Å²) < 4.78 is 26.8. The minimum atomic E-state index is -3.59. The molecule has 1 aliphatic heterocycles. The minimum absolute atomic E-state index is 0.155. The van der Waals surface area contributed by atoms with Crippen molar-refractivity contribution in [1.29, 1.82) is 0 Å². The third-order valence-electron chi connectivity index (χ3n) is 4.20. The van der Waals surface area contributed by atoms with Crippen LogP contribution < -0.4 is 5.43 Å². The van der Waals surface area contributed by atoms with Gasteiger partial charge in [-0.3, -0.25) is 9.78 Å². The van der Waals surface area contributed by atoms with E-state index in [-0.39, 0.29) is 17.3 Å². The summed E-state index contributed by atoms with van der Waals surface area (Å²) in [6.45, 7) is 0.570. The molecule has 2 heterocycles. The molecule has 0 aliphatic carbocycles. The topological polar surface area (TPSA) is 91.7 Å². The molecule has 1 aliphatic rings. The highest BCUT2D eigenvalue weighted by Gasteiger charge is 2.33. The van der Waals surface area contributed by atoms with Crippen LogP contribution in [0.4, 0.5) is 0 Å². The number of amides is 1. The summed E-state index contributed by atoms with van der Waals surface area (Å²) in [5, 5.41) is 3.91. The van der Waals surface area contributed by atoms with E-state index in [0.717, 1.165) is 0 Å². The molecule has 136 valence electrons. The number of nitrogens with zero attached hydrogens (tertiary/aromatic N) is 3. The van der Waals surface area contributed by atoms with E-state index in [0.29, 0.717) is 25.1 Å². The van der Waals surface area contributed by atoms with E-state index in [1.165, 1.54) is 10.5 Å². The van der Waals surface area contributed by atoms with Gasteiger partial charge in [0, 0.05) is 19.3 Å². The molecule has 0 radical (unpaired) electrons. The third kappa shape index (κ3) is 4.33. The first kappa shape index (κ1) is 18.2. The number of piperidine rings is 1. The molecule has 7 nitrogen and oxygen atoms in total. The van der Waals surface area contributed by atoms with Crippen LogP contribution in [0.2, 0.25) is 0 Å². The molecule has 1 saturated heterocycles. The molecule has 1 amide bonds. The molecule has 3 rings (SSSR count). The van der Waals surface area contributed by atoms with Crippen LogP contribution in [-0.2, 0) is 14.8 Å². The first-order chi connectivity index (χ1) is 12.6. The van der Waals surface area contributed by atoms with Crippen LogP contribution in [0, 0.1) is 5.92 Å². The van der Waals surface area contributed by atoms with E-state index < -0.39 is 15.9 Å². The lowest BCUT2D eigenvalue weighted by Gasteiger charge is -2.30. The Bertz CT molecular complexity index is 870. The number of hydrogen-bond donors (Lipinski definition) is 1. The highest BCUT2D eigenvalue weighted by molar-refractivity contribution is 7.89. The fraction of sp³-hybridized carbons (Fsp3) is 0.278. The van der Waals surface area contributed by atoms with Gasteiger partial charge in [0.1, 0.15) is 0 Å². The van der Waals surface area contributed by atoms with Gasteiger partial charge in [0.2, 0.25) is 15.9 Å². The number of rotatable bonds is 5. The van der Waals surface area contributed by atoms with E-state index in [9.17, 15) is 13.2 Å². The number of hydrazone groups is 1. The quantitative estimate of drug-likeness (QED) is 0.638. The van der Waals surface area contributed by atoms with Crippen LogP contribution in [0.15, 0.2) is 64.7 Å². The van der Waals surface area contributed by atoms with Gasteiger partial charge < -0.3 is 0 Å². The lowest BCUT2D eigenvalue weighted by molar-refractivity contribution is -0.126. The molecule has 1 aromatic heterocycles. The summed E-state index contributed by atoms with van der Waals surface area (Å²) in [5.74, 6) is -0.715. The monoisotopic (exact) mass is 372 g/mol. The number of hydrogen-bond acceptors (Lipinski definition) is 5. The number of benzene rings is 1. The largest absolute Gasteiger partial charge is 0.273 e. The van der Waals surface area contributed by atoms with Crippen molar-refractivity contribution in [2.45, 2.75) is 17.7 Å². The Morgan fingerprint density at radius 2 is 1.96 bits per heavy atom. The van der Waals surface area contributed by atoms with Gasteiger partial charge in [0.05, 0.1) is 22.7 Å². The molecular weight excluding hydrogens is 352 g/mol. The second-order valence-corrected chi connectivity index (χ2v) is 7.94. The van der Waals surface area contributed by atoms with Crippen LogP contribution in [0.1, 0.15) is 18.5 Å². The molecule has 26 heavy (non-hydrogen) atoms. The maximum absolute atomic E-state index is 12.7. The van der Waals surface area contributed by atoms with Crippen molar-refractivity contribution in [3.8, 4) is 0 Å². The van der Waals surface area contributed by atoms with E-state index in [4.69, 9.17) is 0 Å². The van der Waals surface area contributed by atoms with Crippen molar-refractivity contribution in [3.05, 3.63) is 60.4 Å². The number of nitrogens with one attached hydrogen (secondary N) is 1. The maximum atomic E-state index is 12.7. The van der Waals surface area contributed by atoms with Crippen LogP contribution in [0.3, 0.4) is 0 Å². The average molecular weight is 372 g/mol. The van der Waals surface area contributed by atoms with Crippen molar-refractivity contribution in [3.63, 3.8) is 0 Å². The number of sulfonamides is 1. The summed E-state index contributed by atoms with van der Waals surface area (Å²) in [7, 11) is -3.59. The zero-order chi connectivity index (χ0) is 18.4. The van der Waals surface area contributed by atoms with E-state index in [2.05, 4.69) is 15.5 Å². The summed E-state index contributed by atoms with van der Waals surface area (Å²) in [5.41, 5.74) is 3.11. The predicted octanol–water partition coefficient (Wildman–Crippen LogP) is 1.63. The molecule has 1 fully saturated rings. The van der Waals surface area contributed by atoms with Crippen molar-refractivity contribution in [2.24, 2.45) is 11.0 Å². The molecule has 1 aromatic carbocycles. The van der Waals surface area contributed by atoms with Crippen LogP contribution in [0.25, 0.3) is 0 Å². The van der Waals surface area contributed by atoms with Gasteiger partial charge in [0.25, 0.3) is 0 Å². The average Bonchev–Trinajstić information content (AvgIpc) is 2.69. The van der Waals surface area contributed by atoms with Gasteiger partial charge in [-0.1, -0.05) is 24.3 Å². The van der Waals surface area contributed by atoms with Gasteiger partial charge in [-0.05, 0) is 37.1 Å². The Kier molecular flexibility index (Phi) is 5.75. The van der Waals surface area contributed by atoms with E-state index in [1.807, 2.05) is 6.07 Å². The SMILES string of the molecule is O=C(N/N=C/c1ccccn1)C1CCCN(S(=O)(=O)c2ccccc2)C1. The predicted molar refractivity (Wildman–Crippen MR) is 97.9 cm³/mol. The lowest BCUT2D eigenvalue weighted by Crippen LogP contribution is -2.44. The zero-order valence-corrected chi connectivity index (χ0v) is 15.0. The van der Waals surface area contributed by atoms with Crippen molar-refractivity contribution < 1.29 is 13.2 Å². The fourth-order valence-electron chi connectivity index (χ4n) is 2.82. The van der Waals surface area contributed by atoms with Crippen LogP contribution in [0.5, 0.6) is 0 Å². The molecule has 0 saturated carbocycles. The molecule has 0 spiro atoms. The van der Waals surface area contributed by atoms with Gasteiger partial charge in [-0.15, -0.1) is 0 Å². The molecule has 0 bridgehead atoms. The van der Waals surface area contributed by atoms with Crippen molar-refractivity contribution in [2.75, 3.05) is 13.1 Å². The van der Waals surface area contributed by atoms with E-state index in [1.54, 1.807) is 48.7 Å². The highest BCUT2D eigenvalue weighted by Crippen LogP contribution is 2.23. The van der Waals surface area contributed by atoms with Gasteiger partial charge in [-0.25, -0.2) is 13.8 Å². The van der Waals surface area contributed by atoms with Gasteiger partial charge >= 0.3 is 0 Å². The standard InChI is InChI=1S/C18H20N4O3S/c23-18(21-20-13-16-8-4-5-11-19-16)15-7-6-12-22(14-15)26(24,25)17-9-2-1-3-10-17/h1-5,8-11,13,15H,6-7,12,14H2,(H,21,23)/b20-13+. The first-order valence-corrected chi connectivity index (χ1v) is 9.80. The third-order valence-corrected chi connectivity index (χ3v) is 6.07. The van der Waals surface area contributed by atoms with Gasteiger partial charge in [-0.2, -0.15) is 9.41 Å². The first-order valence-electron chi connectivity index (χ1n) is 8.36. The Hall–Kier alpha value is -2.58. The Morgan fingerprint density at radius 1 is 1.19 bits per heavy atom. The lowest BCUT2D eigenvalue weighted by atomic mass is 9.99. The molecule has 1 unspecified atom stereocenters. The smallest absolute Gasteiger partial charge is 0.244 e. The fourth-order valence-corrected chi connectivity index (χ4v) is 4.37. The van der Waals surface area contributed by atoms with Crippen molar-refractivity contribution in [1.82, 2.24) is 14.7 Å².